The van der Waals surface area contributed by atoms with Crippen molar-refractivity contribution in [3.63, 3.8) is 0 Å². The smallest absolute Gasteiger partial charge is 0.263 e. The van der Waals surface area contributed by atoms with Crippen LogP contribution in [0.1, 0.15) is 18.1 Å². The van der Waals surface area contributed by atoms with Gasteiger partial charge in [-0.05, 0) is 42.0 Å². The standard InChI is InChI=1S/C30H27N5O2/c1-22(36)34-15-13-33(14-16-34)20-23-7-6-9-26(17-23)35-21-25(29-11-4-5-12-32-29)18-28(30(35)37)27-10-3-2-8-24(27)19-31/h2-12,17-18,21H,13-16,20H2,1H3. The lowest BCUT2D eigenvalue weighted by atomic mass is 9.99. The Morgan fingerprint density at radius 3 is 2.46 bits per heavy atom. The first-order valence-corrected chi connectivity index (χ1v) is 12.3. The van der Waals surface area contributed by atoms with Crippen molar-refractivity contribution in [2.75, 3.05) is 26.2 Å². The van der Waals surface area contributed by atoms with Crippen molar-refractivity contribution in [3.05, 3.63) is 107 Å². The Kier molecular flexibility index (Phi) is 6.93. The van der Waals surface area contributed by atoms with Crippen LogP contribution in [0.15, 0.2) is 90.0 Å². The van der Waals surface area contributed by atoms with Crippen LogP contribution in [0.2, 0.25) is 0 Å². The molecular weight excluding hydrogens is 462 g/mol. The highest BCUT2D eigenvalue weighted by atomic mass is 16.2. The summed E-state index contributed by atoms with van der Waals surface area (Å²) >= 11 is 0. The maximum Gasteiger partial charge on any atom is 0.263 e. The molecule has 0 bridgehead atoms. The molecular formula is C30H27N5O2. The molecule has 4 aromatic rings. The lowest BCUT2D eigenvalue weighted by molar-refractivity contribution is -0.130. The molecule has 0 radical (unpaired) electrons. The molecule has 1 fully saturated rings. The first kappa shape index (κ1) is 24.2. The molecule has 1 aliphatic heterocycles. The van der Waals surface area contributed by atoms with Crippen molar-refractivity contribution in [2.24, 2.45) is 0 Å². The van der Waals surface area contributed by atoms with E-state index >= 15 is 0 Å². The van der Waals surface area contributed by atoms with E-state index in [0.717, 1.165) is 55.2 Å². The number of nitrogens with zero attached hydrogens (tertiary/aromatic N) is 5. The Balaban J connectivity index is 1.55. The number of hydrogen-bond donors (Lipinski definition) is 0. The molecule has 0 saturated carbocycles. The van der Waals surface area contributed by atoms with E-state index in [0.29, 0.717) is 16.7 Å². The summed E-state index contributed by atoms with van der Waals surface area (Å²) in [6.07, 6.45) is 3.54. The zero-order chi connectivity index (χ0) is 25.8. The molecule has 7 heteroatoms. The number of carbonyl (C=O) groups excluding carboxylic acids is 1. The summed E-state index contributed by atoms with van der Waals surface area (Å²) in [5.74, 6) is 0.114. The number of aromatic nitrogens is 2. The second-order valence-corrected chi connectivity index (χ2v) is 9.14. The molecule has 1 aliphatic rings. The second kappa shape index (κ2) is 10.6. The molecule has 0 spiro atoms. The van der Waals surface area contributed by atoms with Crippen molar-refractivity contribution in [1.82, 2.24) is 19.4 Å². The van der Waals surface area contributed by atoms with Gasteiger partial charge in [0.2, 0.25) is 5.91 Å². The Morgan fingerprint density at radius 2 is 1.73 bits per heavy atom. The van der Waals surface area contributed by atoms with Gasteiger partial charge in [-0.3, -0.25) is 24.0 Å². The highest BCUT2D eigenvalue weighted by molar-refractivity contribution is 5.75. The molecule has 7 nitrogen and oxygen atoms in total. The Bertz CT molecular complexity index is 1530. The summed E-state index contributed by atoms with van der Waals surface area (Å²) in [5, 5.41) is 9.68. The van der Waals surface area contributed by atoms with Crippen molar-refractivity contribution in [2.45, 2.75) is 13.5 Å². The molecule has 1 saturated heterocycles. The molecule has 0 N–H and O–H groups in total. The Labute approximate surface area is 215 Å². The van der Waals surface area contributed by atoms with Crippen molar-refractivity contribution in [1.29, 1.82) is 5.26 Å². The van der Waals surface area contributed by atoms with E-state index in [4.69, 9.17) is 0 Å². The molecule has 3 heterocycles. The summed E-state index contributed by atoms with van der Waals surface area (Å²) in [4.78, 5) is 34.1. The average molecular weight is 490 g/mol. The van der Waals surface area contributed by atoms with Gasteiger partial charge in [0.25, 0.3) is 5.56 Å². The fourth-order valence-electron chi connectivity index (χ4n) is 4.74. The third-order valence-electron chi connectivity index (χ3n) is 6.73. The zero-order valence-corrected chi connectivity index (χ0v) is 20.7. The van der Waals surface area contributed by atoms with Gasteiger partial charge in [-0.25, -0.2) is 0 Å². The summed E-state index contributed by atoms with van der Waals surface area (Å²) in [6, 6.07) is 24.8. The number of hydrogen-bond acceptors (Lipinski definition) is 5. The molecule has 184 valence electrons. The van der Waals surface area contributed by atoms with Crippen LogP contribution in [-0.2, 0) is 11.3 Å². The maximum absolute atomic E-state index is 13.8. The minimum Gasteiger partial charge on any atom is -0.340 e. The molecule has 0 aliphatic carbocycles. The highest BCUT2D eigenvalue weighted by Crippen LogP contribution is 2.26. The lowest BCUT2D eigenvalue weighted by Crippen LogP contribution is -2.47. The zero-order valence-electron chi connectivity index (χ0n) is 20.7. The lowest BCUT2D eigenvalue weighted by Gasteiger charge is -2.34. The van der Waals surface area contributed by atoms with Crippen LogP contribution in [0.4, 0.5) is 0 Å². The molecule has 2 aromatic heterocycles. The number of nitriles is 1. The van der Waals surface area contributed by atoms with Gasteiger partial charge in [0.15, 0.2) is 0 Å². The summed E-state index contributed by atoms with van der Waals surface area (Å²) in [6.45, 7) is 5.42. The summed E-state index contributed by atoms with van der Waals surface area (Å²) in [7, 11) is 0. The molecule has 2 aromatic carbocycles. The first-order valence-electron chi connectivity index (χ1n) is 12.3. The van der Waals surface area contributed by atoms with E-state index in [1.165, 1.54) is 0 Å². The van der Waals surface area contributed by atoms with Gasteiger partial charge >= 0.3 is 0 Å². The van der Waals surface area contributed by atoms with E-state index in [2.05, 4.69) is 22.0 Å². The maximum atomic E-state index is 13.8. The van der Waals surface area contributed by atoms with E-state index < -0.39 is 0 Å². The third-order valence-corrected chi connectivity index (χ3v) is 6.73. The Morgan fingerprint density at radius 1 is 0.946 bits per heavy atom. The molecule has 0 atom stereocenters. The monoisotopic (exact) mass is 489 g/mol. The van der Waals surface area contributed by atoms with Gasteiger partial charge in [0, 0.05) is 74.4 Å². The minimum atomic E-state index is -0.199. The minimum absolute atomic E-state index is 0.114. The third kappa shape index (κ3) is 5.20. The largest absolute Gasteiger partial charge is 0.340 e. The second-order valence-electron chi connectivity index (χ2n) is 9.14. The van der Waals surface area contributed by atoms with E-state index in [1.54, 1.807) is 35.9 Å². The van der Waals surface area contributed by atoms with Crippen molar-refractivity contribution < 1.29 is 4.79 Å². The van der Waals surface area contributed by atoms with E-state index in [-0.39, 0.29) is 11.5 Å². The van der Waals surface area contributed by atoms with Crippen LogP contribution in [0.3, 0.4) is 0 Å². The fourth-order valence-corrected chi connectivity index (χ4v) is 4.74. The molecule has 1 amide bonds. The first-order chi connectivity index (χ1) is 18.0. The van der Waals surface area contributed by atoms with Crippen LogP contribution in [0.25, 0.3) is 28.1 Å². The Hall–Kier alpha value is -4.54. The van der Waals surface area contributed by atoms with Crippen LogP contribution >= 0.6 is 0 Å². The highest BCUT2D eigenvalue weighted by Gasteiger charge is 2.19. The molecule has 5 rings (SSSR count). The average Bonchev–Trinajstić information content (AvgIpc) is 2.94. The number of carbonyl (C=O) groups is 1. The summed E-state index contributed by atoms with van der Waals surface area (Å²) in [5.41, 5.74) is 4.66. The quantitative estimate of drug-likeness (QED) is 0.422. The molecule has 0 unspecified atom stereocenters. The predicted octanol–water partition coefficient (Wildman–Crippen LogP) is 4.10. The number of pyridine rings is 2. The van der Waals surface area contributed by atoms with Crippen LogP contribution in [-0.4, -0.2) is 51.4 Å². The number of benzene rings is 2. The summed E-state index contributed by atoms with van der Waals surface area (Å²) < 4.78 is 1.64. The normalized spacial score (nSPS) is 13.8. The topological polar surface area (TPSA) is 82.2 Å². The van der Waals surface area contributed by atoms with Gasteiger partial charge in [0.05, 0.1) is 17.3 Å². The van der Waals surface area contributed by atoms with Gasteiger partial charge in [-0.1, -0.05) is 36.4 Å². The van der Waals surface area contributed by atoms with Crippen LogP contribution < -0.4 is 5.56 Å². The van der Waals surface area contributed by atoms with E-state index in [9.17, 15) is 14.9 Å². The number of amides is 1. The number of rotatable bonds is 5. The number of piperazine rings is 1. The van der Waals surface area contributed by atoms with Crippen molar-refractivity contribution >= 4 is 5.91 Å². The van der Waals surface area contributed by atoms with Crippen molar-refractivity contribution in [3.8, 4) is 34.1 Å². The molecule has 37 heavy (non-hydrogen) atoms. The van der Waals surface area contributed by atoms with Crippen LogP contribution in [0.5, 0.6) is 0 Å². The SMILES string of the molecule is CC(=O)N1CCN(Cc2cccc(-n3cc(-c4ccccn4)cc(-c4ccccc4C#N)c3=O)c2)CC1. The van der Waals surface area contributed by atoms with E-state index in [1.807, 2.05) is 59.6 Å². The van der Waals surface area contributed by atoms with Gasteiger partial charge in [0.1, 0.15) is 0 Å². The van der Waals surface area contributed by atoms with Gasteiger partial charge in [-0.15, -0.1) is 0 Å². The van der Waals surface area contributed by atoms with Gasteiger partial charge < -0.3 is 4.90 Å². The predicted molar refractivity (Wildman–Crippen MR) is 143 cm³/mol. The van der Waals surface area contributed by atoms with Gasteiger partial charge in [-0.2, -0.15) is 5.26 Å². The fraction of sp³-hybridized carbons (Fsp3) is 0.200. The van der Waals surface area contributed by atoms with Crippen LogP contribution in [0, 0.1) is 11.3 Å².